The lowest BCUT2D eigenvalue weighted by Gasteiger charge is -2.18. The van der Waals surface area contributed by atoms with E-state index in [1.807, 2.05) is 0 Å². The van der Waals surface area contributed by atoms with Crippen molar-refractivity contribution in [3.05, 3.63) is 34.3 Å². The average Bonchev–Trinajstić information content (AvgIpc) is 2.04. The molecule has 1 rings (SSSR count). The van der Waals surface area contributed by atoms with Crippen molar-refractivity contribution in [1.82, 2.24) is 0 Å². The molecule has 1 aliphatic carbocycles. The van der Waals surface area contributed by atoms with Gasteiger partial charge < -0.3 is 15.5 Å². The van der Waals surface area contributed by atoms with Crippen molar-refractivity contribution in [3.8, 4) is 0 Å². The predicted molar refractivity (Wildman–Crippen MR) is 46.7 cm³/mol. The summed E-state index contributed by atoms with van der Waals surface area (Å²) in [6.07, 6.45) is 5.68. The first-order chi connectivity index (χ1) is 5.61. The highest BCUT2D eigenvalue weighted by Gasteiger charge is 2.09. The smallest absolute Gasteiger partial charge is 0.191 e. The zero-order valence-corrected chi connectivity index (χ0v) is 7.20. The summed E-state index contributed by atoms with van der Waals surface area (Å²) in [5, 5.41) is 21.7. The zero-order chi connectivity index (χ0) is 9.14. The average molecular weight is 168 g/mol. The second-order valence-corrected chi connectivity index (χ2v) is 2.74. The lowest BCUT2D eigenvalue weighted by molar-refractivity contribution is -0.779. The van der Waals surface area contributed by atoms with Crippen molar-refractivity contribution in [2.45, 2.75) is 6.42 Å². The fraction of sp³-hybridized carbons (Fsp3) is 0.375. The SMILES string of the molecule is C/[N+]([O-])=C1\C=CC([NH+](C)[O-])=CC1. The highest BCUT2D eigenvalue weighted by Crippen LogP contribution is 2.02. The second kappa shape index (κ2) is 3.51. The predicted octanol–water partition coefficient (Wildman–Crippen LogP) is -0.576. The van der Waals surface area contributed by atoms with Gasteiger partial charge in [0.2, 0.25) is 0 Å². The van der Waals surface area contributed by atoms with Gasteiger partial charge in [-0.25, -0.2) is 4.74 Å². The Morgan fingerprint density at radius 1 is 1.50 bits per heavy atom. The molecule has 0 aromatic heterocycles. The fourth-order valence-corrected chi connectivity index (χ4v) is 1.03. The Balaban J connectivity index is 2.75. The van der Waals surface area contributed by atoms with Crippen LogP contribution in [-0.2, 0) is 0 Å². The van der Waals surface area contributed by atoms with Gasteiger partial charge in [0.05, 0.1) is 13.5 Å². The third-order valence-electron chi connectivity index (χ3n) is 1.80. The third kappa shape index (κ3) is 1.93. The molecule has 0 fully saturated rings. The quantitative estimate of drug-likeness (QED) is 0.323. The molecule has 1 N–H and O–H groups in total. The molecule has 1 aliphatic rings. The zero-order valence-electron chi connectivity index (χ0n) is 7.20. The van der Waals surface area contributed by atoms with Crippen molar-refractivity contribution < 1.29 is 9.80 Å². The Hall–Kier alpha value is -1.13. The van der Waals surface area contributed by atoms with E-state index in [0.29, 0.717) is 17.8 Å². The molecule has 1 atom stereocenters. The summed E-state index contributed by atoms with van der Waals surface area (Å²) < 4.78 is 0.809. The summed E-state index contributed by atoms with van der Waals surface area (Å²) in [7, 11) is 2.97. The van der Waals surface area contributed by atoms with Gasteiger partial charge >= 0.3 is 0 Å². The summed E-state index contributed by atoms with van der Waals surface area (Å²) in [6.45, 7) is 0. The van der Waals surface area contributed by atoms with Gasteiger partial charge in [-0.3, -0.25) is 0 Å². The van der Waals surface area contributed by atoms with Crippen molar-refractivity contribution >= 4 is 5.71 Å². The number of nitrogens with zero attached hydrogens (tertiary/aromatic N) is 1. The summed E-state index contributed by atoms with van der Waals surface area (Å²) in [5.74, 6) is 0. The molecule has 0 bridgehead atoms. The molecule has 0 radical (unpaired) electrons. The van der Waals surface area contributed by atoms with Crippen LogP contribution in [0.5, 0.6) is 0 Å². The Morgan fingerprint density at radius 2 is 2.17 bits per heavy atom. The third-order valence-corrected chi connectivity index (χ3v) is 1.80. The van der Waals surface area contributed by atoms with Crippen molar-refractivity contribution in [3.63, 3.8) is 0 Å². The van der Waals surface area contributed by atoms with E-state index in [2.05, 4.69) is 0 Å². The Morgan fingerprint density at radius 3 is 2.50 bits per heavy atom. The topological polar surface area (TPSA) is 53.6 Å². The highest BCUT2D eigenvalue weighted by molar-refractivity contribution is 5.93. The van der Waals surface area contributed by atoms with Crippen molar-refractivity contribution in [2.75, 3.05) is 14.1 Å². The molecular weight excluding hydrogens is 156 g/mol. The van der Waals surface area contributed by atoms with Crippen molar-refractivity contribution in [1.29, 1.82) is 0 Å². The number of allylic oxidation sites excluding steroid dienone is 3. The maximum atomic E-state index is 10.9. The van der Waals surface area contributed by atoms with Gasteiger partial charge in [-0.1, -0.05) is 0 Å². The van der Waals surface area contributed by atoms with E-state index in [1.165, 1.54) is 14.1 Å². The molecule has 66 valence electrons. The normalized spacial score (nSPS) is 23.4. The van der Waals surface area contributed by atoms with E-state index in [4.69, 9.17) is 0 Å². The van der Waals surface area contributed by atoms with Crippen LogP contribution in [0.4, 0.5) is 0 Å². The Bertz CT molecular complexity index is 260. The molecule has 4 heteroatoms. The van der Waals surface area contributed by atoms with Crippen LogP contribution < -0.4 is 5.06 Å². The monoisotopic (exact) mass is 168 g/mol. The number of hydrogen-bond donors (Lipinski definition) is 1. The molecular formula is C8H12N2O2. The van der Waals surface area contributed by atoms with Crippen LogP contribution in [0, 0.1) is 10.4 Å². The standard InChI is InChI=1S/C8H12N2O2/c1-9(11)7-3-5-8(6-4-7)10(2)12/h3-5,9H,6H2,1-2H3/b10-8-. The van der Waals surface area contributed by atoms with Crippen LogP contribution in [0.1, 0.15) is 6.42 Å². The fourth-order valence-electron chi connectivity index (χ4n) is 1.03. The van der Waals surface area contributed by atoms with Gasteiger partial charge in [0.1, 0.15) is 12.7 Å². The lowest BCUT2D eigenvalue weighted by atomic mass is 10.1. The lowest BCUT2D eigenvalue weighted by Crippen LogP contribution is -3.01. The van der Waals surface area contributed by atoms with Crippen LogP contribution in [0.3, 0.4) is 0 Å². The van der Waals surface area contributed by atoms with Gasteiger partial charge in [0, 0.05) is 12.2 Å². The minimum Gasteiger partial charge on any atom is -0.629 e. The van der Waals surface area contributed by atoms with E-state index in [1.54, 1.807) is 18.2 Å². The minimum absolute atomic E-state index is 0.0406. The highest BCUT2D eigenvalue weighted by atomic mass is 16.5. The number of likely N-dealkylation sites (N-methyl/N-ethyl adjacent to an activating group) is 1. The van der Waals surface area contributed by atoms with Crippen LogP contribution in [0.25, 0.3) is 0 Å². The number of hydrogen-bond acceptors (Lipinski definition) is 2. The van der Waals surface area contributed by atoms with Gasteiger partial charge in [0.15, 0.2) is 5.71 Å². The molecule has 0 amide bonds. The minimum atomic E-state index is 0.0406. The van der Waals surface area contributed by atoms with E-state index in [0.717, 1.165) is 4.74 Å². The molecule has 12 heavy (non-hydrogen) atoms. The summed E-state index contributed by atoms with van der Waals surface area (Å²) in [6, 6.07) is 0. The number of quaternary nitrogens is 1. The van der Waals surface area contributed by atoms with E-state index >= 15 is 0 Å². The number of nitrogens with one attached hydrogen (secondary N) is 1. The van der Waals surface area contributed by atoms with Gasteiger partial charge in [-0.2, -0.15) is 0 Å². The molecule has 0 aliphatic heterocycles. The Kier molecular flexibility index (Phi) is 2.62. The summed E-state index contributed by atoms with van der Waals surface area (Å²) >= 11 is 0. The molecule has 0 aromatic carbocycles. The first-order valence-electron chi connectivity index (χ1n) is 3.77. The van der Waals surface area contributed by atoms with Crippen LogP contribution in [0.2, 0.25) is 0 Å². The van der Waals surface area contributed by atoms with Gasteiger partial charge in [-0.15, -0.1) is 0 Å². The number of rotatable bonds is 1. The maximum Gasteiger partial charge on any atom is 0.191 e. The van der Waals surface area contributed by atoms with Crippen LogP contribution >= 0.6 is 0 Å². The van der Waals surface area contributed by atoms with Crippen molar-refractivity contribution in [2.24, 2.45) is 0 Å². The van der Waals surface area contributed by atoms with Gasteiger partial charge in [0.25, 0.3) is 0 Å². The molecule has 0 saturated heterocycles. The van der Waals surface area contributed by atoms with E-state index in [9.17, 15) is 10.4 Å². The first kappa shape index (κ1) is 8.96. The van der Waals surface area contributed by atoms with Gasteiger partial charge in [-0.05, 0) is 6.08 Å². The molecule has 0 aromatic rings. The molecule has 0 heterocycles. The number of hydroxylamine groups is 3. The molecule has 1 unspecified atom stereocenters. The van der Waals surface area contributed by atoms with E-state index < -0.39 is 0 Å². The first-order valence-corrected chi connectivity index (χ1v) is 3.77. The Labute approximate surface area is 71.3 Å². The largest absolute Gasteiger partial charge is 0.629 e. The second-order valence-electron chi connectivity index (χ2n) is 2.74. The maximum absolute atomic E-state index is 10.9. The molecule has 0 spiro atoms. The van der Waals surface area contributed by atoms with Crippen LogP contribution in [-0.4, -0.2) is 24.5 Å². The van der Waals surface area contributed by atoms with E-state index in [-0.39, 0.29) is 5.06 Å². The molecule has 0 saturated carbocycles. The summed E-state index contributed by atoms with van der Waals surface area (Å²) in [4.78, 5) is 0. The summed E-state index contributed by atoms with van der Waals surface area (Å²) in [5.41, 5.74) is 1.36. The van der Waals surface area contributed by atoms with Crippen LogP contribution in [0.15, 0.2) is 23.9 Å². The molecule has 4 nitrogen and oxygen atoms in total.